The van der Waals surface area contributed by atoms with Crippen molar-refractivity contribution in [2.45, 2.75) is 25.3 Å². The molecule has 1 saturated carbocycles. The number of hydrogen-bond acceptors (Lipinski definition) is 2. The van der Waals surface area contributed by atoms with Gasteiger partial charge in [0.1, 0.15) is 0 Å². The van der Waals surface area contributed by atoms with E-state index in [1.54, 1.807) is 0 Å². The fourth-order valence-electron chi connectivity index (χ4n) is 2.55. The van der Waals surface area contributed by atoms with Gasteiger partial charge in [-0.05, 0) is 38.4 Å². The van der Waals surface area contributed by atoms with Crippen LogP contribution in [-0.2, 0) is 0 Å². The van der Waals surface area contributed by atoms with Crippen LogP contribution in [0, 0.1) is 5.92 Å². The molecule has 1 aromatic carbocycles. The maximum absolute atomic E-state index is 3.42. The number of likely N-dealkylation sites (N-methyl/N-ethyl adjacent to an activating group) is 2. The Balaban J connectivity index is 1.86. The van der Waals surface area contributed by atoms with Crippen LogP contribution in [0.5, 0.6) is 0 Å². The van der Waals surface area contributed by atoms with Gasteiger partial charge in [0.2, 0.25) is 0 Å². The van der Waals surface area contributed by atoms with Crippen LogP contribution in [0.4, 0.5) is 0 Å². The number of benzene rings is 1. The maximum Gasteiger partial charge on any atom is 0.0446 e. The van der Waals surface area contributed by atoms with Crippen molar-refractivity contribution in [3.63, 3.8) is 0 Å². The van der Waals surface area contributed by atoms with Crippen LogP contribution in [0.3, 0.4) is 0 Å². The van der Waals surface area contributed by atoms with Crippen LogP contribution >= 0.6 is 0 Å². The van der Waals surface area contributed by atoms with Crippen LogP contribution in [0.15, 0.2) is 30.3 Å². The average Bonchev–Trinajstić information content (AvgIpc) is 2.32. The van der Waals surface area contributed by atoms with Gasteiger partial charge in [-0.2, -0.15) is 0 Å². The molecule has 0 aromatic heterocycles. The minimum absolute atomic E-state index is 0.446. The van der Waals surface area contributed by atoms with Crippen molar-refractivity contribution in [3.05, 3.63) is 35.9 Å². The molecule has 2 nitrogen and oxygen atoms in total. The summed E-state index contributed by atoms with van der Waals surface area (Å²) in [5, 5.41) is 3.42. The molecule has 94 valence electrons. The topological polar surface area (TPSA) is 15.3 Å². The smallest absolute Gasteiger partial charge is 0.0446 e. The summed E-state index contributed by atoms with van der Waals surface area (Å²) in [5.74, 6) is 0.952. The zero-order valence-corrected chi connectivity index (χ0v) is 11.0. The molecule has 1 atom stereocenters. The first kappa shape index (κ1) is 12.6. The molecule has 17 heavy (non-hydrogen) atoms. The lowest BCUT2D eigenvalue weighted by molar-refractivity contribution is 0.193. The first-order chi connectivity index (χ1) is 8.29. The van der Waals surface area contributed by atoms with Gasteiger partial charge >= 0.3 is 0 Å². The predicted octanol–water partition coefficient (Wildman–Crippen LogP) is 2.68. The van der Waals surface area contributed by atoms with Gasteiger partial charge in [-0.1, -0.05) is 36.8 Å². The molecule has 1 aromatic rings. The van der Waals surface area contributed by atoms with Crippen LogP contribution in [0.2, 0.25) is 0 Å². The summed E-state index contributed by atoms with van der Waals surface area (Å²) in [6, 6.07) is 11.2. The normalized spacial score (nSPS) is 18.1. The van der Waals surface area contributed by atoms with E-state index >= 15 is 0 Å². The molecular weight excluding hydrogens is 208 g/mol. The van der Waals surface area contributed by atoms with Gasteiger partial charge in [0.05, 0.1) is 0 Å². The largest absolute Gasteiger partial charge is 0.312 e. The van der Waals surface area contributed by atoms with Crippen LogP contribution < -0.4 is 5.32 Å². The minimum atomic E-state index is 0.446. The zero-order chi connectivity index (χ0) is 12.1. The third-order valence-electron chi connectivity index (χ3n) is 3.84. The second-order valence-electron chi connectivity index (χ2n) is 5.27. The van der Waals surface area contributed by atoms with E-state index in [0.717, 1.165) is 12.5 Å². The van der Waals surface area contributed by atoms with E-state index in [4.69, 9.17) is 0 Å². The Kier molecular flexibility index (Phi) is 4.57. The van der Waals surface area contributed by atoms with Gasteiger partial charge in [0.15, 0.2) is 0 Å². The van der Waals surface area contributed by atoms with Crippen molar-refractivity contribution in [2.75, 3.05) is 27.2 Å². The highest BCUT2D eigenvalue weighted by Gasteiger charge is 2.20. The minimum Gasteiger partial charge on any atom is -0.312 e. The Morgan fingerprint density at radius 3 is 2.53 bits per heavy atom. The molecule has 0 amide bonds. The van der Waals surface area contributed by atoms with Gasteiger partial charge < -0.3 is 10.2 Å². The summed E-state index contributed by atoms with van der Waals surface area (Å²) < 4.78 is 0. The van der Waals surface area contributed by atoms with E-state index in [-0.39, 0.29) is 0 Å². The van der Waals surface area contributed by atoms with Crippen LogP contribution in [-0.4, -0.2) is 32.1 Å². The van der Waals surface area contributed by atoms with Crippen LogP contribution in [0.1, 0.15) is 30.9 Å². The first-order valence-electron chi connectivity index (χ1n) is 6.70. The standard InChI is InChI=1S/C15H24N2/c1-16-15(14-9-4-3-5-10-14)12-17(2)11-13-7-6-8-13/h3-5,9-10,13,15-16H,6-8,11-12H2,1-2H3. The SMILES string of the molecule is CNC(CN(C)CC1CCC1)c1ccccc1. The lowest BCUT2D eigenvalue weighted by atomic mass is 9.85. The van der Waals surface area contributed by atoms with E-state index in [2.05, 4.69) is 54.6 Å². The van der Waals surface area contributed by atoms with E-state index in [1.165, 1.54) is 31.4 Å². The molecule has 0 heterocycles. The molecule has 2 rings (SSSR count). The molecule has 0 aliphatic heterocycles. The molecular formula is C15H24N2. The Bertz CT molecular complexity index is 319. The molecule has 0 bridgehead atoms. The molecule has 0 radical (unpaired) electrons. The number of rotatable bonds is 6. The molecule has 1 aliphatic rings. The Morgan fingerprint density at radius 2 is 2.00 bits per heavy atom. The third-order valence-corrected chi connectivity index (χ3v) is 3.84. The summed E-state index contributed by atoms with van der Waals surface area (Å²) in [4.78, 5) is 2.47. The predicted molar refractivity (Wildman–Crippen MR) is 73.1 cm³/mol. The molecule has 1 N–H and O–H groups in total. The first-order valence-corrected chi connectivity index (χ1v) is 6.70. The molecule has 2 heteroatoms. The molecule has 0 saturated heterocycles. The Labute approximate surface area is 105 Å². The Hall–Kier alpha value is -0.860. The number of hydrogen-bond donors (Lipinski definition) is 1. The Morgan fingerprint density at radius 1 is 1.29 bits per heavy atom. The van der Waals surface area contributed by atoms with Crippen molar-refractivity contribution in [1.29, 1.82) is 0 Å². The average molecular weight is 232 g/mol. The van der Waals surface area contributed by atoms with Crippen molar-refractivity contribution >= 4 is 0 Å². The molecule has 0 spiro atoms. The van der Waals surface area contributed by atoms with Gasteiger partial charge in [-0.25, -0.2) is 0 Å². The summed E-state index contributed by atoms with van der Waals surface area (Å²) in [6.07, 6.45) is 4.30. The maximum atomic E-state index is 3.42. The molecule has 1 unspecified atom stereocenters. The van der Waals surface area contributed by atoms with Gasteiger partial charge in [-0.15, -0.1) is 0 Å². The highest BCUT2D eigenvalue weighted by molar-refractivity contribution is 5.19. The van der Waals surface area contributed by atoms with E-state index in [9.17, 15) is 0 Å². The monoisotopic (exact) mass is 232 g/mol. The quantitative estimate of drug-likeness (QED) is 0.811. The van der Waals surface area contributed by atoms with Crippen molar-refractivity contribution in [2.24, 2.45) is 5.92 Å². The highest BCUT2D eigenvalue weighted by Crippen LogP contribution is 2.27. The molecule has 1 aliphatic carbocycles. The molecule has 1 fully saturated rings. The van der Waals surface area contributed by atoms with Gasteiger partial charge in [-0.3, -0.25) is 0 Å². The van der Waals surface area contributed by atoms with Crippen molar-refractivity contribution in [1.82, 2.24) is 10.2 Å². The lowest BCUT2D eigenvalue weighted by Gasteiger charge is -2.32. The summed E-state index contributed by atoms with van der Waals surface area (Å²) >= 11 is 0. The van der Waals surface area contributed by atoms with Crippen LogP contribution in [0.25, 0.3) is 0 Å². The summed E-state index contributed by atoms with van der Waals surface area (Å²) in [6.45, 7) is 2.35. The van der Waals surface area contributed by atoms with E-state index < -0.39 is 0 Å². The highest BCUT2D eigenvalue weighted by atomic mass is 15.1. The fraction of sp³-hybridized carbons (Fsp3) is 0.600. The van der Waals surface area contributed by atoms with Crippen molar-refractivity contribution < 1.29 is 0 Å². The summed E-state index contributed by atoms with van der Waals surface area (Å²) in [7, 11) is 4.29. The van der Waals surface area contributed by atoms with Gasteiger partial charge in [0.25, 0.3) is 0 Å². The third kappa shape index (κ3) is 3.55. The lowest BCUT2D eigenvalue weighted by Crippen LogP contribution is -2.35. The van der Waals surface area contributed by atoms with Gasteiger partial charge in [0, 0.05) is 19.1 Å². The second kappa shape index (κ2) is 6.18. The zero-order valence-electron chi connectivity index (χ0n) is 11.0. The number of nitrogens with zero attached hydrogens (tertiary/aromatic N) is 1. The van der Waals surface area contributed by atoms with Crippen molar-refractivity contribution in [3.8, 4) is 0 Å². The number of nitrogens with one attached hydrogen (secondary N) is 1. The van der Waals surface area contributed by atoms with E-state index in [0.29, 0.717) is 6.04 Å². The second-order valence-corrected chi connectivity index (χ2v) is 5.27. The van der Waals surface area contributed by atoms with E-state index in [1.807, 2.05) is 0 Å². The fourth-order valence-corrected chi connectivity index (χ4v) is 2.55. The summed E-state index contributed by atoms with van der Waals surface area (Å²) in [5.41, 5.74) is 1.38.